The first-order valence-electron chi connectivity index (χ1n) is 3.77. The monoisotopic (exact) mass is 278 g/mol. The highest BCUT2D eigenvalue weighted by Gasteiger charge is 2.14. The Kier molecular flexibility index (Phi) is 3.37. The zero-order chi connectivity index (χ0) is 11.6. The van der Waals surface area contributed by atoms with Crippen LogP contribution in [0.5, 0.6) is 0 Å². The highest BCUT2D eigenvalue weighted by atomic mass is 79.9. The first-order chi connectivity index (χ1) is 6.91. The molecule has 0 unspecified atom stereocenters. The van der Waals surface area contributed by atoms with Gasteiger partial charge in [-0.1, -0.05) is 0 Å². The van der Waals surface area contributed by atoms with Crippen molar-refractivity contribution in [3.8, 4) is 0 Å². The second-order valence-corrected chi connectivity index (χ2v) is 3.43. The highest BCUT2D eigenvalue weighted by Crippen LogP contribution is 1.92. The number of aromatic nitrogens is 3. The van der Waals surface area contributed by atoms with E-state index in [1.54, 1.807) is 0 Å². The molecule has 0 fully saturated rings. The zero-order valence-electron chi connectivity index (χ0n) is 7.31. The van der Waals surface area contributed by atoms with Crippen LogP contribution in [-0.2, 0) is 11.3 Å². The standard InChI is InChI=1S/C6H7BrN4O4/c7-3-4(12)9-6(15)11(10-3)1-2(8)5(13)14/h2H,1,8H2,(H,13,14)(H,9,12,15)/t2-/m1/s1. The fourth-order valence-corrected chi connectivity index (χ4v) is 1.09. The second-order valence-electron chi connectivity index (χ2n) is 2.68. The molecule has 1 rings (SSSR count). The lowest BCUT2D eigenvalue weighted by Gasteiger charge is -2.07. The van der Waals surface area contributed by atoms with Gasteiger partial charge >= 0.3 is 11.7 Å². The van der Waals surface area contributed by atoms with Crippen LogP contribution < -0.4 is 17.0 Å². The lowest BCUT2D eigenvalue weighted by Crippen LogP contribution is -2.41. The predicted molar refractivity (Wildman–Crippen MR) is 52.4 cm³/mol. The average Bonchev–Trinajstić information content (AvgIpc) is 2.13. The summed E-state index contributed by atoms with van der Waals surface area (Å²) in [5.41, 5.74) is 3.71. The maximum atomic E-state index is 11.1. The van der Waals surface area contributed by atoms with Crippen LogP contribution in [0.1, 0.15) is 0 Å². The first-order valence-corrected chi connectivity index (χ1v) is 4.56. The molecule has 0 amide bonds. The Morgan fingerprint density at radius 1 is 1.67 bits per heavy atom. The van der Waals surface area contributed by atoms with E-state index in [-0.39, 0.29) is 11.1 Å². The van der Waals surface area contributed by atoms with Crippen molar-refractivity contribution in [2.24, 2.45) is 5.73 Å². The average molecular weight is 279 g/mol. The van der Waals surface area contributed by atoms with Gasteiger partial charge in [0.15, 0.2) is 4.60 Å². The number of hydrogen-bond donors (Lipinski definition) is 3. The summed E-state index contributed by atoms with van der Waals surface area (Å²) in [4.78, 5) is 34.4. The molecular weight excluding hydrogens is 272 g/mol. The van der Waals surface area contributed by atoms with Gasteiger partial charge in [0, 0.05) is 0 Å². The summed E-state index contributed by atoms with van der Waals surface area (Å²) in [6.07, 6.45) is 0. The quantitative estimate of drug-likeness (QED) is 0.592. The van der Waals surface area contributed by atoms with E-state index >= 15 is 0 Å². The molecule has 15 heavy (non-hydrogen) atoms. The molecule has 4 N–H and O–H groups in total. The first kappa shape index (κ1) is 11.6. The molecule has 0 aliphatic rings. The summed E-state index contributed by atoms with van der Waals surface area (Å²) in [6, 6.07) is -1.26. The molecule has 9 heteroatoms. The number of rotatable bonds is 3. The third-order valence-corrected chi connectivity index (χ3v) is 2.06. The number of nitrogens with one attached hydrogen (secondary N) is 1. The molecule has 1 atom stereocenters. The van der Waals surface area contributed by atoms with Crippen LogP contribution in [0.4, 0.5) is 0 Å². The minimum Gasteiger partial charge on any atom is -0.480 e. The van der Waals surface area contributed by atoms with Crippen LogP contribution in [0, 0.1) is 0 Å². The van der Waals surface area contributed by atoms with E-state index in [0.717, 1.165) is 4.68 Å². The van der Waals surface area contributed by atoms with E-state index in [9.17, 15) is 14.4 Å². The molecule has 82 valence electrons. The third-order valence-electron chi connectivity index (χ3n) is 1.54. The van der Waals surface area contributed by atoms with E-state index in [1.165, 1.54) is 0 Å². The molecule has 0 aliphatic carbocycles. The fourth-order valence-electron chi connectivity index (χ4n) is 0.798. The number of aliphatic carboxylic acids is 1. The number of carbonyl (C=O) groups is 1. The molecule has 1 heterocycles. The van der Waals surface area contributed by atoms with E-state index in [1.807, 2.05) is 4.98 Å². The molecular formula is C6H7BrN4O4. The maximum Gasteiger partial charge on any atom is 0.344 e. The summed E-state index contributed by atoms with van der Waals surface area (Å²) >= 11 is 2.80. The van der Waals surface area contributed by atoms with Crippen molar-refractivity contribution < 1.29 is 9.90 Å². The van der Waals surface area contributed by atoms with Crippen LogP contribution in [0.25, 0.3) is 0 Å². The van der Waals surface area contributed by atoms with Crippen LogP contribution in [0.2, 0.25) is 0 Å². The Bertz CT molecular complexity index is 493. The van der Waals surface area contributed by atoms with Crippen LogP contribution in [0.15, 0.2) is 14.2 Å². The smallest absolute Gasteiger partial charge is 0.344 e. The van der Waals surface area contributed by atoms with Gasteiger partial charge in [0.05, 0.1) is 6.54 Å². The molecule has 0 aromatic carbocycles. The molecule has 0 saturated carbocycles. The van der Waals surface area contributed by atoms with Gasteiger partial charge in [-0.2, -0.15) is 5.10 Å². The van der Waals surface area contributed by atoms with Crippen molar-refractivity contribution in [1.29, 1.82) is 0 Å². The number of aromatic amines is 1. The lowest BCUT2D eigenvalue weighted by atomic mass is 10.3. The molecule has 1 aromatic rings. The minimum atomic E-state index is -1.26. The fraction of sp³-hybridized carbons (Fsp3) is 0.333. The third kappa shape index (κ3) is 2.73. The van der Waals surface area contributed by atoms with Crippen molar-refractivity contribution in [3.05, 3.63) is 25.4 Å². The molecule has 0 radical (unpaired) electrons. The Morgan fingerprint density at radius 3 is 2.80 bits per heavy atom. The highest BCUT2D eigenvalue weighted by molar-refractivity contribution is 9.10. The summed E-state index contributed by atoms with van der Waals surface area (Å²) in [7, 11) is 0. The number of halogens is 1. The van der Waals surface area contributed by atoms with Crippen molar-refractivity contribution in [1.82, 2.24) is 14.8 Å². The van der Waals surface area contributed by atoms with Crippen molar-refractivity contribution >= 4 is 21.9 Å². The summed E-state index contributed by atoms with van der Waals surface area (Å²) in [5.74, 6) is -1.26. The van der Waals surface area contributed by atoms with Crippen LogP contribution in [0.3, 0.4) is 0 Å². The normalized spacial score (nSPS) is 12.4. The van der Waals surface area contributed by atoms with E-state index < -0.39 is 23.3 Å². The van der Waals surface area contributed by atoms with Gasteiger partial charge in [-0.15, -0.1) is 0 Å². The van der Waals surface area contributed by atoms with Gasteiger partial charge in [-0.05, 0) is 15.9 Å². The van der Waals surface area contributed by atoms with Gasteiger partial charge in [-0.25, -0.2) is 9.48 Å². The summed E-state index contributed by atoms with van der Waals surface area (Å²) in [5, 5.41) is 12.0. The van der Waals surface area contributed by atoms with Gasteiger partial charge < -0.3 is 10.8 Å². The van der Waals surface area contributed by atoms with Crippen LogP contribution >= 0.6 is 15.9 Å². The SMILES string of the molecule is N[C@H](Cn1nc(Br)c(=O)[nH]c1=O)C(=O)O. The number of nitrogens with zero attached hydrogens (tertiary/aromatic N) is 2. The second kappa shape index (κ2) is 4.36. The molecule has 1 aromatic heterocycles. The number of carboxylic acid groups (broad SMARTS) is 1. The van der Waals surface area contributed by atoms with Gasteiger partial charge in [-0.3, -0.25) is 14.6 Å². The predicted octanol–water partition coefficient (Wildman–Crippen LogP) is -1.89. The minimum absolute atomic E-state index is 0.111. The molecule has 8 nitrogen and oxygen atoms in total. The Morgan fingerprint density at radius 2 is 2.27 bits per heavy atom. The van der Waals surface area contributed by atoms with Gasteiger partial charge in [0.1, 0.15) is 6.04 Å². The zero-order valence-corrected chi connectivity index (χ0v) is 8.89. The molecule has 0 aliphatic heterocycles. The topological polar surface area (TPSA) is 131 Å². The van der Waals surface area contributed by atoms with E-state index in [4.69, 9.17) is 10.8 Å². The Labute approximate surface area is 90.8 Å². The van der Waals surface area contributed by atoms with Crippen molar-refractivity contribution in [2.75, 3.05) is 0 Å². The molecule has 0 saturated heterocycles. The molecule has 0 bridgehead atoms. The van der Waals surface area contributed by atoms with Crippen LogP contribution in [-0.4, -0.2) is 31.9 Å². The Hall–Kier alpha value is -1.48. The van der Waals surface area contributed by atoms with Gasteiger partial charge in [0.2, 0.25) is 0 Å². The van der Waals surface area contributed by atoms with Gasteiger partial charge in [0.25, 0.3) is 5.56 Å². The number of carboxylic acids is 1. The maximum absolute atomic E-state index is 11.1. The van der Waals surface area contributed by atoms with Crippen molar-refractivity contribution in [2.45, 2.75) is 12.6 Å². The Balaban J connectivity index is 3.06. The number of hydrogen-bond acceptors (Lipinski definition) is 5. The summed E-state index contributed by atoms with van der Waals surface area (Å²) < 4.78 is 0.657. The molecule has 0 spiro atoms. The number of H-pyrrole nitrogens is 1. The lowest BCUT2D eigenvalue weighted by molar-refractivity contribution is -0.138. The summed E-state index contributed by atoms with van der Waals surface area (Å²) in [6.45, 7) is -0.316. The van der Waals surface area contributed by atoms with E-state index in [0.29, 0.717) is 0 Å². The van der Waals surface area contributed by atoms with Crippen molar-refractivity contribution in [3.63, 3.8) is 0 Å². The number of nitrogens with two attached hydrogens (primary N) is 1. The van der Waals surface area contributed by atoms with E-state index in [2.05, 4.69) is 21.0 Å². The largest absolute Gasteiger partial charge is 0.480 e.